The third-order valence-corrected chi connectivity index (χ3v) is 4.18. The number of ether oxygens (including phenoxy) is 2. The Bertz CT molecular complexity index is 931. The average Bonchev–Trinajstić information content (AvgIpc) is 2.65. The molecule has 0 aliphatic rings. The minimum atomic E-state index is -0.836. The molecular weight excluding hydrogens is 400 g/mol. The van der Waals surface area contributed by atoms with Crippen molar-refractivity contribution in [1.29, 1.82) is 0 Å². The number of esters is 1. The van der Waals surface area contributed by atoms with Gasteiger partial charge in [0.25, 0.3) is 5.91 Å². The summed E-state index contributed by atoms with van der Waals surface area (Å²) in [4.78, 5) is 37.5. The molecule has 2 aromatic rings. The Morgan fingerprint density at radius 3 is 2.55 bits per heavy atom. The number of hydrogen-bond acceptors (Lipinski definition) is 6. The van der Waals surface area contributed by atoms with Crippen molar-refractivity contribution >= 4 is 35.1 Å². The van der Waals surface area contributed by atoms with Crippen LogP contribution in [0.1, 0.15) is 15.9 Å². The number of aryl methyl sites for hydroxylation is 1. The zero-order valence-electron chi connectivity index (χ0n) is 16.2. The molecule has 2 aromatic carbocycles. The molecule has 0 bridgehead atoms. The monoisotopic (exact) mass is 420 g/mol. The topological polar surface area (TPSA) is 105 Å². The Hall–Kier alpha value is -3.26. The fourth-order valence-corrected chi connectivity index (χ4v) is 2.57. The molecule has 8 nitrogen and oxygen atoms in total. The van der Waals surface area contributed by atoms with Gasteiger partial charge in [-0.15, -0.1) is 0 Å². The summed E-state index contributed by atoms with van der Waals surface area (Å²) in [5.74, 6) is -1.71. The molecule has 2 amide bonds. The number of rotatable bonds is 7. The van der Waals surface area contributed by atoms with E-state index in [1.54, 1.807) is 25.1 Å². The minimum absolute atomic E-state index is 0.0446. The van der Waals surface area contributed by atoms with Crippen LogP contribution < -0.4 is 10.1 Å². The van der Waals surface area contributed by atoms with Gasteiger partial charge in [0.05, 0.1) is 19.3 Å². The van der Waals surface area contributed by atoms with Gasteiger partial charge >= 0.3 is 5.97 Å². The third kappa shape index (κ3) is 6.11. The van der Waals surface area contributed by atoms with Crippen molar-refractivity contribution in [3.05, 3.63) is 52.5 Å². The Kier molecular flexibility index (Phi) is 7.44. The predicted molar refractivity (Wildman–Crippen MR) is 107 cm³/mol. The van der Waals surface area contributed by atoms with Gasteiger partial charge in [-0.05, 0) is 42.8 Å². The first-order valence-corrected chi connectivity index (χ1v) is 8.93. The Labute approximate surface area is 173 Å². The molecule has 154 valence electrons. The number of benzene rings is 2. The SMILES string of the molecule is COc1ccc(Cl)cc1NC(=O)CN(C)C(=O)COC(=O)c1ccc(C)cc1O. The van der Waals surface area contributed by atoms with Crippen LogP contribution in [0.15, 0.2) is 36.4 Å². The lowest BCUT2D eigenvalue weighted by Gasteiger charge is -2.17. The fraction of sp³-hybridized carbons (Fsp3) is 0.250. The first kappa shape index (κ1) is 22.0. The zero-order valence-corrected chi connectivity index (χ0v) is 16.9. The molecule has 0 aromatic heterocycles. The number of halogens is 1. The molecule has 0 saturated heterocycles. The van der Waals surface area contributed by atoms with Crippen molar-refractivity contribution < 1.29 is 29.0 Å². The van der Waals surface area contributed by atoms with E-state index in [9.17, 15) is 19.5 Å². The Morgan fingerprint density at radius 2 is 1.90 bits per heavy atom. The normalized spacial score (nSPS) is 10.2. The number of amides is 2. The van der Waals surface area contributed by atoms with Crippen LogP contribution in [0.3, 0.4) is 0 Å². The number of nitrogens with one attached hydrogen (secondary N) is 1. The molecule has 0 radical (unpaired) electrons. The van der Waals surface area contributed by atoms with Crippen molar-refractivity contribution in [2.24, 2.45) is 0 Å². The molecule has 0 aliphatic carbocycles. The van der Waals surface area contributed by atoms with E-state index in [1.807, 2.05) is 0 Å². The van der Waals surface area contributed by atoms with Crippen LogP contribution in [-0.4, -0.2) is 55.1 Å². The maximum Gasteiger partial charge on any atom is 0.342 e. The molecule has 0 aliphatic heterocycles. The van der Waals surface area contributed by atoms with E-state index in [2.05, 4.69) is 5.32 Å². The molecule has 29 heavy (non-hydrogen) atoms. The highest BCUT2D eigenvalue weighted by atomic mass is 35.5. The lowest BCUT2D eigenvalue weighted by molar-refractivity contribution is -0.136. The van der Waals surface area contributed by atoms with E-state index < -0.39 is 24.4 Å². The number of phenols is 1. The zero-order chi connectivity index (χ0) is 21.6. The van der Waals surface area contributed by atoms with Gasteiger partial charge in [-0.25, -0.2) is 4.79 Å². The second kappa shape index (κ2) is 9.79. The van der Waals surface area contributed by atoms with Gasteiger partial charge in [-0.1, -0.05) is 17.7 Å². The second-order valence-corrected chi connectivity index (χ2v) is 6.68. The highest BCUT2D eigenvalue weighted by Gasteiger charge is 2.18. The minimum Gasteiger partial charge on any atom is -0.507 e. The summed E-state index contributed by atoms with van der Waals surface area (Å²) in [6.45, 7) is 0.912. The molecule has 2 rings (SSSR count). The van der Waals surface area contributed by atoms with Gasteiger partial charge in [0.2, 0.25) is 5.91 Å². The average molecular weight is 421 g/mol. The summed E-state index contributed by atoms with van der Waals surface area (Å²) in [6, 6.07) is 9.21. The van der Waals surface area contributed by atoms with Gasteiger partial charge < -0.3 is 24.8 Å². The molecule has 2 N–H and O–H groups in total. The molecule has 0 unspecified atom stereocenters. The van der Waals surface area contributed by atoms with Crippen LogP contribution in [0.25, 0.3) is 0 Å². The standard InChI is InChI=1S/C20H21ClN2O6/c1-12-4-6-14(16(24)8-12)20(27)29-11-19(26)23(2)10-18(25)22-15-9-13(21)5-7-17(15)28-3/h4-9,24H,10-11H2,1-3H3,(H,22,25). The summed E-state index contributed by atoms with van der Waals surface area (Å²) in [5.41, 5.74) is 1.10. The Morgan fingerprint density at radius 1 is 1.17 bits per heavy atom. The van der Waals surface area contributed by atoms with Crippen molar-refractivity contribution in [1.82, 2.24) is 4.90 Å². The molecular formula is C20H21ClN2O6. The van der Waals surface area contributed by atoms with Crippen LogP contribution in [0, 0.1) is 6.92 Å². The number of nitrogens with zero attached hydrogens (tertiary/aromatic N) is 1. The highest BCUT2D eigenvalue weighted by molar-refractivity contribution is 6.31. The maximum atomic E-state index is 12.2. The van der Waals surface area contributed by atoms with Crippen LogP contribution in [-0.2, 0) is 14.3 Å². The molecule has 0 saturated carbocycles. The molecule has 0 fully saturated rings. The van der Waals surface area contributed by atoms with E-state index in [1.165, 1.54) is 32.4 Å². The number of likely N-dealkylation sites (N-methyl/N-ethyl adjacent to an activating group) is 1. The van der Waals surface area contributed by atoms with Gasteiger partial charge in [0.1, 0.15) is 17.1 Å². The molecule has 9 heteroatoms. The smallest absolute Gasteiger partial charge is 0.342 e. The Balaban J connectivity index is 1.89. The maximum absolute atomic E-state index is 12.2. The van der Waals surface area contributed by atoms with Crippen molar-refractivity contribution in [2.45, 2.75) is 6.92 Å². The summed E-state index contributed by atoms with van der Waals surface area (Å²) in [6.07, 6.45) is 0. The van der Waals surface area contributed by atoms with Gasteiger partial charge in [0, 0.05) is 12.1 Å². The number of anilines is 1. The third-order valence-electron chi connectivity index (χ3n) is 3.94. The number of phenolic OH excluding ortho intramolecular Hbond substituents is 1. The summed E-state index contributed by atoms with van der Waals surface area (Å²) in [7, 11) is 2.85. The predicted octanol–water partition coefficient (Wildman–Crippen LogP) is 2.62. The second-order valence-electron chi connectivity index (χ2n) is 6.24. The lowest BCUT2D eigenvalue weighted by Crippen LogP contribution is -2.37. The quantitative estimate of drug-likeness (QED) is 0.667. The first-order chi connectivity index (χ1) is 13.7. The fourth-order valence-electron chi connectivity index (χ4n) is 2.40. The van der Waals surface area contributed by atoms with Crippen LogP contribution in [0.4, 0.5) is 5.69 Å². The van der Waals surface area contributed by atoms with Crippen LogP contribution in [0.2, 0.25) is 5.02 Å². The molecule has 0 heterocycles. The number of aromatic hydroxyl groups is 1. The first-order valence-electron chi connectivity index (χ1n) is 8.55. The van der Waals surface area contributed by atoms with Crippen LogP contribution >= 0.6 is 11.6 Å². The van der Waals surface area contributed by atoms with Gasteiger partial charge in [-0.3, -0.25) is 9.59 Å². The summed E-state index contributed by atoms with van der Waals surface area (Å²) in [5, 5.41) is 12.8. The number of carbonyl (C=O) groups excluding carboxylic acids is 3. The van der Waals surface area contributed by atoms with E-state index in [-0.39, 0.29) is 17.9 Å². The number of carbonyl (C=O) groups is 3. The van der Waals surface area contributed by atoms with E-state index in [0.717, 1.165) is 10.5 Å². The lowest BCUT2D eigenvalue weighted by atomic mass is 10.1. The largest absolute Gasteiger partial charge is 0.507 e. The van der Waals surface area contributed by atoms with E-state index in [0.29, 0.717) is 16.5 Å². The van der Waals surface area contributed by atoms with Gasteiger partial charge in [0.15, 0.2) is 6.61 Å². The van der Waals surface area contributed by atoms with E-state index in [4.69, 9.17) is 21.1 Å². The van der Waals surface area contributed by atoms with E-state index >= 15 is 0 Å². The number of hydrogen-bond donors (Lipinski definition) is 2. The van der Waals surface area contributed by atoms with Crippen molar-refractivity contribution in [3.8, 4) is 11.5 Å². The van der Waals surface area contributed by atoms with Crippen molar-refractivity contribution in [2.75, 3.05) is 32.6 Å². The summed E-state index contributed by atoms with van der Waals surface area (Å²) < 4.78 is 10.1. The number of methoxy groups -OCH3 is 1. The van der Waals surface area contributed by atoms with Crippen molar-refractivity contribution in [3.63, 3.8) is 0 Å². The van der Waals surface area contributed by atoms with Gasteiger partial charge in [-0.2, -0.15) is 0 Å². The highest BCUT2D eigenvalue weighted by Crippen LogP contribution is 2.27. The molecule has 0 spiro atoms. The van der Waals surface area contributed by atoms with Crippen LogP contribution in [0.5, 0.6) is 11.5 Å². The molecule has 0 atom stereocenters. The summed E-state index contributed by atoms with van der Waals surface area (Å²) >= 11 is 5.92.